The molecule has 102 valence electrons. The van der Waals surface area contributed by atoms with Crippen LogP contribution < -0.4 is 0 Å². The lowest BCUT2D eigenvalue weighted by Gasteiger charge is -2.27. The van der Waals surface area contributed by atoms with Crippen molar-refractivity contribution in [3.63, 3.8) is 0 Å². The van der Waals surface area contributed by atoms with Crippen LogP contribution in [0.1, 0.15) is 18.4 Å². The Labute approximate surface area is 111 Å². The van der Waals surface area contributed by atoms with Crippen LogP contribution >= 0.6 is 0 Å². The lowest BCUT2D eigenvalue weighted by atomic mass is 10.3. The van der Waals surface area contributed by atoms with Gasteiger partial charge < -0.3 is 14.9 Å². The van der Waals surface area contributed by atoms with Gasteiger partial charge in [-0.15, -0.1) is 0 Å². The predicted molar refractivity (Wildman–Crippen MR) is 68.5 cm³/mol. The second kappa shape index (κ2) is 5.69. The molecule has 2 amide bonds. The molecule has 1 aliphatic carbocycles. The number of aromatic nitrogens is 1. The number of carbonyl (C=O) groups excluding carboxylic acids is 1. The molecule has 1 saturated carbocycles. The van der Waals surface area contributed by atoms with E-state index in [1.807, 2.05) is 12.1 Å². The smallest absolute Gasteiger partial charge is 0.323 e. The van der Waals surface area contributed by atoms with Gasteiger partial charge in [0.2, 0.25) is 0 Å². The predicted octanol–water partition coefficient (Wildman–Crippen LogP) is 1.18. The Kier molecular flexibility index (Phi) is 3.99. The third-order valence-corrected chi connectivity index (χ3v) is 3.01. The first-order valence-electron chi connectivity index (χ1n) is 6.20. The molecule has 0 aromatic carbocycles. The number of rotatable bonds is 5. The molecule has 1 fully saturated rings. The summed E-state index contributed by atoms with van der Waals surface area (Å²) in [5.74, 6) is -0.977. The van der Waals surface area contributed by atoms with E-state index in [1.165, 1.54) is 9.80 Å². The van der Waals surface area contributed by atoms with E-state index in [-0.39, 0.29) is 18.6 Å². The number of nitrogens with zero attached hydrogens (tertiary/aromatic N) is 3. The quantitative estimate of drug-likeness (QED) is 0.865. The summed E-state index contributed by atoms with van der Waals surface area (Å²) < 4.78 is 0. The van der Waals surface area contributed by atoms with Crippen LogP contribution in [0.4, 0.5) is 4.79 Å². The summed E-state index contributed by atoms with van der Waals surface area (Å²) in [5, 5.41) is 8.86. The van der Waals surface area contributed by atoms with Crippen LogP contribution in [0.15, 0.2) is 24.5 Å². The lowest BCUT2D eigenvalue weighted by molar-refractivity contribution is -0.137. The zero-order valence-corrected chi connectivity index (χ0v) is 10.8. The molecule has 1 N–H and O–H groups in total. The minimum Gasteiger partial charge on any atom is -0.480 e. The number of carboxylic acid groups (broad SMARTS) is 1. The average molecular weight is 263 g/mol. The molecule has 0 bridgehead atoms. The first-order valence-corrected chi connectivity index (χ1v) is 6.20. The maximum Gasteiger partial charge on any atom is 0.323 e. The molecule has 1 aliphatic rings. The lowest BCUT2D eigenvalue weighted by Crippen LogP contribution is -2.44. The highest BCUT2D eigenvalue weighted by atomic mass is 16.4. The van der Waals surface area contributed by atoms with E-state index in [0.29, 0.717) is 6.54 Å². The first-order chi connectivity index (χ1) is 9.08. The standard InChI is InChI=1S/C13H17N3O3/c1-15(8-10-3-2-6-14-7-10)13(19)16(9-12(17)18)11-4-5-11/h2-3,6-7,11H,4-5,8-9H2,1H3,(H,17,18). The van der Waals surface area contributed by atoms with Gasteiger partial charge in [-0.05, 0) is 24.5 Å². The van der Waals surface area contributed by atoms with Gasteiger partial charge in [-0.1, -0.05) is 6.07 Å². The highest BCUT2D eigenvalue weighted by Crippen LogP contribution is 2.27. The van der Waals surface area contributed by atoms with Crippen molar-refractivity contribution in [3.05, 3.63) is 30.1 Å². The molecule has 19 heavy (non-hydrogen) atoms. The molecule has 6 nitrogen and oxygen atoms in total. The van der Waals surface area contributed by atoms with Crippen molar-refractivity contribution >= 4 is 12.0 Å². The molecule has 0 saturated heterocycles. The fourth-order valence-electron chi connectivity index (χ4n) is 1.94. The van der Waals surface area contributed by atoms with E-state index in [0.717, 1.165) is 18.4 Å². The molecule has 2 rings (SSSR count). The number of pyridine rings is 1. The molecule has 1 aromatic heterocycles. The number of hydrogen-bond donors (Lipinski definition) is 1. The third kappa shape index (κ3) is 3.67. The van der Waals surface area contributed by atoms with Crippen molar-refractivity contribution < 1.29 is 14.7 Å². The first kappa shape index (κ1) is 13.3. The third-order valence-electron chi connectivity index (χ3n) is 3.01. The van der Waals surface area contributed by atoms with Gasteiger partial charge in [-0.3, -0.25) is 9.78 Å². The van der Waals surface area contributed by atoms with Crippen LogP contribution in [0.2, 0.25) is 0 Å². The Bertz CT molecular complexity index is 459. The molecule has 0 unspecified atom stereocenters. The van der Waals surface area contributed by atoms with Crippen molar-refractivity contribution in [1.29, 1.82) is 0 Å². The Morgan fingerprint density at radius 3 is 2.74 bits per heavy atom. The van der Waals surface area contributed by atoms with Crippen molar-refractivity contribution in [2.24, 2.45) is 0 Å². The van der Waals surface area contributed by atoms with Gasteiger partial charge in [0, 0.05) is 32.0 Å². The van der Waals surface area contributed by atoms with E-state index < -0.39 is 5.97 Å². The summed E-state index contributed by atoms with van der Waals surface area (Å²) in [6.45, 7) is 0.191. The van der Waals surface area contributed by atoms with Crippen LogP contribution in [-0.4, -0.2) is 51.5 Å². The van der Waals surface area contributed by atoms with E-state index >= 15 is 0 Å². The van der Waals surface area contributed by atoms with Crippen molar-refractivity contribution in [3.8, 4) is 0 Å². The Morgan fingerprint density at radius 1 is 1.47 bits per heavy atom. The van der Waals surface area contributed by atoms with Gasteiger partial charge >= 0.3 is 12.0 Å². The zero-order chi connectivity index (χ0) is 13.8. The van der Waals surface area contributed by atoms with Crippen LogP contribution in [-0.2, 0) is 11.3 Å². The monoisotopic (exact) mass is 263 g/mol. The normalized spacial score (nSPS) is 13.9. The van der Waals surface area contributed by atoms with E-state index in [2.05, 4.69) is 4.98 Å². The van der Waals surface area contributed by atoms with Gasteiger partial charge in [-0.25, -0.2) is 4.79 Å². The summed E-state index contributed by atoms with van der Waals surface area (Å²) in [4.78, 5) is 30.0. The number of urea groups is 1. The topological polar surface area (TPSA) is 73.7 Å². The summed E-state index contributed by atoms with van der Waals surface area (Å²) >= 11 is 0. The van der Waals surface area contributed by atoms with E-state index in [1.54, 1.807) is 19.4 Å². The van der Waals surface area contributed by atoms with Crippen LogP contribution in [0, 0.1) is 0 Å². The number of aliphatic carboxylic acids is 1. The molecule has 0 atom stereocenters. The molecular formula is C13H17N3O3. The summed E-state index contributed by atoms with van der Waals surface area (Å²) in [5.41, 5.74) is 0.921. The highest BCUT2D eigenvalue weighted by molar-refractivity contribution is 5.80. The Balaban J connectivity index is 1.98. The molecule has 0 spiro atoms. The molecule has 6 heteroatoms. The maximum atomic E-state index is 12.2. The van der Waals surface area contributed by atoms with Crippen LogP contribution in [0.25, 0.3) is 0 Å². The fourth-order valence-corrected chi connectivity index (χ4v) is 1.94. The highest BCUT2D eigenvalue weighted by Gasteiger charge is 2.35. The molecule has 1 aromatic rings. The second-order valence-electron chi connectivity index (χ2n) is 4.75. The molecule has 0 radical (unpaired) electrons. The minimum atomic E-state index is -0.977. The van der Waals surface area contributed by atoms with Gasteiger partial charge in [-0.2, -0.15) is 0 Å². The SMILES string of the molecule is CN(Cc1cccnc1)C(=O)N(CC(=O)O)C1CC1. The Morgan fingerprint density at radius 2 is 2.21 bits per heavy atom. The van der Waals surface area contributed by atoms with Crippen molar-refractivity contribution in [2.45, 2.75) is 25.4 Å². The van der Waals surface area contributed by atoms with Gasteiger partial charge in [0.25, 0.3) is 0 Å². The summed E-state index contributed by atoms with van der Waals surface area (Å²) in [6.07, 6.45) is 5.15. The maximum absolute atomic E-state index is 12.2. The number of amides is 2. The largest absolute Gasteiger partial charge is 0.480 e. The molecular weight excluding hydrogens is 246 g/mol. The zero-order valence-electron chi connectivity index (χ0n) is 10.8. The van der Waals surface area contributed by atoms with Crippen molar-refractivity contribution in [1.82, 2.24) is 14.8 Å². The van der Waals surface area contributed by atoms with Crippen LogP contribution in [0.3, 0.4) is 0 Å². The van der Waals surface area contributed by atoms with E-state index in [9.17, 15) is 9.59 Å². The second-order valence-corrected chi connectivity index (χ2v) is 4.75. The molecule has 1 heterocycles. The number of hydrogen-bond acceptors (Lipinski definition) is 3. The van der Waals surface area contributed by atoms with Crippen LogP contribution in [0.5, 0.6) is 0 Å². The Hall–Kier alpha value is -2.11. The number of carboxylic acids is 1. The summed E-state index contributed by atoms with van der Waals surface area (Å²) in [7, 11) is 1.67. The average Bonchev–Trinajstić information content (AvgIpc) is 3.20. The molecule has 0 aliphatic heterocycles. The van der Waals surface area contributed by atoms with Crippen molar-refractivity contribution in [2.75, 3.05) is 13.6 Å². The van der Waals surface area contributed by atoms with Gasteiger partial charge in [0.05, 0.1) is 0 Å². The van der Waals surface area contributed by atoms with Gasteiger partial charge in [0.1, 0.15) is 6.54 Å². The van der Waals surface area contributed by atoms with E-state index in [4.69, 9.17) is 5.11 Å². The van der Waals surface area contributed by atoms with Gasteiger partial charge in [0.15, 0.2) is 0 Å². The number of carbonyl (C=O) groups is 2. The summed E-state index contributed by atoms with van der Waals surface area (Å²) in [6, 6.07) is 3.53. The minimum absolute atomic E-state index is 0.0833. The fraction of sp³-hybridized carbons (Fsp3) is 0.462.